The van der Waals surface area contributed by atoms with Crippen molar-refractivity contribution in [2.24, 2.45) is 34.0 Å². The zero-order chi connectivity index (χ0) is 29.7. The molecule has 218 valence electrons. The quantitative estimate of drug-likeness (QED) is 0.0756. The van der Waals surface area contributed by atoms with Gasteiger partial charge < -0.3 is 43.4 Å². The van der Waals surface area contributed by atoms with Gasteiger partial charge >= 0.3 is 5.97 Å². The number of phenolic OH excluding ortho intramolecular Hbond substituents is 1. The summed E-state index contributed by atoms with van der Waals surface area (Å²) >= 11 is 0. The molecule has 1 rings (SSSR count). The van der Waals surface area contributed by atoms with Crippen LogP contribution in [-0.2, 0) is 25.6 Å². The number of rotatable bonds is 16. The summed E-state index contributed by atoms with van der Waals surface area (Å²) in [6, 6.07) is 1.82. The molecule has 0 aliphatic heterocycles. The van der Waals surface area contributed by atoms with Crippen LogP contribution >= 0.6 is 0 Å². The van der Waals surface area contributed by atoms with Crippen molar-refractivity contribution in [1.29, 1.82) is 0 Å². The number of aliphatic carboxylic acids is 1. The van der Waals surface area contributed by atoms with E-state index in [1.165, 1.54) is 12.1 Å². The Hall–Kier alpha value is -3.87. The van der Waals surface area contributed by atoms with Crippen molar-refractivity contribution in [3.05, 3.63) is 29.8 Å². The highest BCUT2D eigenvalue weighted by atomic mass is 16.4. The molecule has 0 spiro atoms. The first-order chi connectivity index (χ1) is 18.2. The van der Waals surface area contributed by atoms with Gasteiger partial charge in [-0.2, -0.15) is 0 Å². The average Bonchev–Trinajstić information content (AvgIpc) is 2.83. The van der Waals surface area contributed by atoms with E-state index in [-0.39, 0.29) is 42.9 Å². The number of hydrogen-bond acceptors (Lipinski definition) is 7. The van der Waals surface area contributed by atoms with Gasteiger partial charge in [-0.3, -0.25) is 19.4 Å². The molecule has 0 aliphatic rings. The molecular weight excluding hydrogens is 506 g/mol. The maximum absolute atomic E-state index is 13.3. The summed E-state index contributed by atoms with van der Waals surface area (Å²) in [4.78, 5) is 54.7. The number of guanidine groups is 1. The fourth-order valence-electron chi connectivity index (χ4n) is 3.78. The summed E-state index contributed by atoms with van der Waals surface area (Å²) < 4.78 is 0. The van der Waals surface area contributed by atoms with E-state index >= 15 is 0 Å². The Balaban J connectivity index is 3.10. The summed E-state index contributed by atoms with van der Waals surface area (Å²) in [6.45, 7) is 7.52. The fraction of sp³-hybridized carbons (Fsp3) is 0.577. The van der Waals surface area contributed by atoms with E-state index in [0.29, 0.717) is 18.4 Å². The molecule has 39 heavy (non-hydrogen) atoms. The largest absolute Gasteiger partial charge is 0.508 e. The smallest absolute Gasteiger partial charge is 0.326 e. The predicted octanol–water partition coefficient (Wildman–Crippen LogP) is -0.443. The van der Waals surface area contributed by atoms with Crippen molar-refractivity contribution in [3.63, 3.8) is 0 Å². The van der Waals surface area contributed by atoms with Crippen LogP contribution in [0.1, 0.15) is 52.5 Å². The molecule has 3 amide bonds. The van der Waals surface area contributed by atoms with E-state index in [0.717, 1.165) is 0 Å². The van der Waals surface area contributed by atoms with Gasteiger partial charge in [0, 0.05) is 13.0 Å². The van der Waals surface area contributed by atoms with Gasteiger partial charge in [0.1, 0.15) is 23.9 Å². The molecule has 1 aromatic rings. The van der Waals surface area contributed by atoms with Crippen LogP contribution in [-0.4, -0.2) is 70.6 Å². The Morgan fingerprint density at radius 2 is 1.49 bits per heavy atom. The molecule has 4 atom stereocenters. The molecular formula is C26H43N7O6. The maximum Gasteiger partial charge on any atom is 0.326 e. The van der Waals surface area contributed by atoms with Crippen molar-refractivity contribution in [2.45, 2.75) is 77.5 Å². The van der Waals surface area contributed by atoms with Crippen molar-refractivity contribution in [2.75, 3.05) is 6.54 Å². The van der Waals surface area contributed by atoms with E-state index in [2.05, 4.69) is 20.9 Å². The molecule has 1 aromatic carbocycles. The van der Waals surface area contributed by atoms with Crippen LogP contribution in [0.4, 0.5) is 0 Å². The topological polar surface area (TPSA) is 235 Å². The van der Waals surface area contributed by atoms with Gasteiger partial charge in [0.05, 0.1) is 6.04 Å². The van der Waals surface area contributed by atoms with E-state index in [4.69, 9.17) is 17.2 Å². The first-order valence-electron chi connectivity index (χ1n) is 12.9. The third-order valence-corrected chi connectivity index (χ3v) is 5.88. The molecule has 0 radical (unpaired) electrons. The lowest BCUT2D eigenvalue weighted by molar-refractivity contribution is -0.142. The number of aromatic hydroxyl groups is 1. The number of amides is 3. The number of carboxylic acids is 1. The van der Waals surface area contributed by atoms with Crippen LogP contribution in [0.5, 0.6) is 5.75 Å². The maximum atomic E-state index is 13.3. The molecule has 0 aromatic heterocycles. The van der Waals surface area contributed by atoms with Crippen molar-refractivity contribution >= 4 is 29.7 Å². The number of benzene rings is 1. The normalized spacial score (nSPS) is 14.1. The predicted molar refractivity (Wildman–Crippen MR) is 147 cm³/mol. The second-order valence-electron chi connectivity index (χ2n) is 10.2. The fourth-order valence-corrected chi connectivity index (χ4v) is 3.78. The molecule has 0 aliphatic carbocycles. The zero-order valence-corrected chi connectivity index (χ0v) is 23.0. The lowest BCUT2D eigenvalue weighted by atomic mass is 9.99. The Morgan fingerprint density at radius 3 is 2.00 bits per heavy atom. The van der Waals surface area contributed by atoms with Gasteiger partial charge in [-0.05, 0) is 48.8 Å². The molecule has 0 saturated carbocycles. The van der Waals surface area contributed by atoms with Crippen LogP contribution < -0.4 is 33.2 Å². The summed E-state index contributed by atoms with van der Waals surface area (Å²) in [5.41, 5.74) is 17.2. The number of aliphatic imine (C=N–C) groups is 1. The molecule has 0 heterocycles. The highest BCUT2D eigenvalue weighted by molar-refractivity contribution is 5.94. The standard InChI is InChI=1S/C26H43N7O6/c1-14(2)12-18(27)22(35)33-21(15(3)4)24(37)32-20(13-16-7-9-17(34)10-8-16)23(36)31-19(25(38)39)6-5-11-30-26(28)29/h7-10,14-15,18-21,34H,5-6,11-13,27H2,1-4H3,(H,31,36)(H,32,37)(H,33,35)(H,38,39)(H4,28,29,30). The van der Waals surface area contributed by atoms with Crippen molar-refractivity contribution in [3.8, 4) is 5.75 Å². The monoisotopic (exact) mass is 549 g/mol. The number of hydrogen-bond donors (Lipinski definition) is 8. The van der Waals surface area contributed by atoms with Crippen LogP contribution in [0, 0.1) is 11.8 Å². The molecule has 4 unspecified atom stereocenters. The summed E-state index contributed by atoms with van der Waals surface area (Å²) in [5, 5.41) is 27.0. The minimum absolute atomic E-state index is 0.00379. The first-order valence-corrected chi connectivity index (χ1v) is 12.9. The number of carboxylic acid groups (broad SMARTS) is 1. The molecule has 0 saturated heterocycles. The van der Waals surface area contributed by atoms with Gasteiger partial charge in [0.15, 0.2) is 5.96 Å². The molecule has 0 fully saturated rings. The van der Waals surface area contributed by atoms with E-state index in [9.17, 15) is 29.4 Å². The lowest BCUT2D eigenvalue weighted by Gasteiger charge is -2.27. The highest BCUT2D eigenvalue weighted by Crippen LogP contribution is 2.13. The number of nitrogens with two attached hydrogens (primary N) is 3. The van der Waals surface area contributed by atoms with Gasteiger partial charge in [0.2, 0.25) is 17.7 Å². The van der Waals surface area contributed by atoms with E-state index in [1.54, 1.807) is 26.0 Å². The van der Waals surface area contributed by atoms with Crippen LogP contribution in [0.2, 0.25) is 0 Å². The van der Waals surface area contributed by atoms with E-state index in [1.807, 2.05) is 13.8 Å². The summed E-state index contributed by atoms with van der Waals surface area (Å²) in [7, 11) is 0. The second kappa shape index (κ2) is 16.2. The number of phenols is 1. The van der Waals surface area contributed by atoms with Crippen molar-refractivity contribution < 1.29 is 29.4 Å². The minimum atomic E-state index is -1.26. The molecule has 11 N–H and O–H groups in total. The summed E-state index contributed by atoms with van der Waals surface area (Å²) in [6.07, 6.45) is 0.784. The van der Waals surface area contributed by atoms with Crippen LogP contribution in [0.3, 0.4) is 0 Å². The number of carbonyl (C=O) groups is 4. The summed E-state index contributed by atoms with van der Waals surface area (Å²) in [5.74, 6) is -3.34. The number of nitrogens with zero attached hydrogens (tertiary/aromatic N) is 1. The average molecular weight is 550 g/mol. The Bertz CT molecular complexity index is 993. The molecule has 13 nitrogen and oxygen atoms in total. The number of carbonyl (C=O) groups excluding carboxylic acids is 3. The van der Waals surface area contributed by atoms with Gasteiger partial charge in [0.25, 0.3) is 0 Å². The Labute approximate surface area is 229 Å². The lowest BCUT2D eigenvalue weighted by Crippen LogP contribution is -2.59. The van der Waals surface area contributed by atoms with Crippen molar-refractivity contribution in [1.82, 2.24) is 16.0 Å². The van der Waals surface area contributed by atoms with Crippen LogP contribution in [0.15, 0.2) is 29.3 Å². The van der Waals surface area contributed by atoms with Gasteiger partial charge in [-0.15, -0.1) is 0 Å². The molecule has 13 heteroatoms. The van der Waals surface area contributed by atoms with E-state index < -0.39 is 47.9 Å². The minimum Gasteiger partial charge on any atom is -0.508 e. The number of nitrogens with one attached hydrogen (secondary N) is 3. The Kier molecular flexibility index (Phi) is 13.7. The molecule has 0 bridgehead atoms. The van der Waals surface area contributed by atoms with Gasteiger partial charge in [-0.1, -0.05) is 39.8 Å². The SMILES string of the molecule is CC(C)CC(N)C(=O)NC(C(=O)NC(Cc1ccc(O)cc1)C(=O)NC(CCCN=C(N)N)C(=O)O)C(C)C. The Morgan fingerprint density at radius 1 is 0.897 bits per heavy atom. The van der Waals surface area contributed by atoms with Crippen LogP contribution in [0.25, 0.3) is 0 Å². The van der Waals surface area contributed by atoms with Gasteiger partial charge in [-0.25, -0.2) is 4.79 Å². The third kappa shape index (κ3) is 12.5. The second-order valence-corrected chi connectivity index (χ2v) is 10.2. The third-order valence-electron chi connectivity index (χ3n) is 5.88. The highest BCUT2D eigenvalue weighted by Gasteiger charge is 2.32. The zero-order valence-electron chi connectivity index (χ0n) is 23.0. The first kappa shape index (κ1) is 33.2.